The van der Waals surface area contributed by atoms with Crippen molar-refractivity contribution in [3.8, 4) is 0 Å². The Morgan fingerprint density at radius 2 is 1.78 bits per heavy atom. The van der Waals surface area contributed by atoms with E-state index < -0.39 is 22.0 Å². The van der Waals surface area contributed by atoms with Crippen LogP contribution in [0.3, 0.4) is 0 Å². The molecule has 2 aromatic rings. The second-order valence-corrected chi connectivity index (χ2v) is 7.45. The maximum Gasteiger partial charge on any atom is 0.324 e. The molecule has 0 saturated carbocycles. The van der Waals surface area contributed by atoms with Crippen molar-refractivity contribution < 1.29 is 25.6 Å². The zero-order valence-electron chi connectivity index (χ0n) is 14.9. The van der Waals surface area contributed by atoms with Gasteiger partial charge in [-0.2, -0.15) is 4.72 Å². The van der Waals surface area contributed by atoms with Crippen LogP contribution in [0, 0.1) is 0 Å². The van der Waals surface area contributed by atoms with Gasteiger partial charge in [-0.05, 0) is 24.7 Å². The van der Waals surface area contributed by atoms with Crippen molar-refractivity contribution >= 4 is 21.8 Å². The summed E-state index contributed by atoms with van der Waals surface area (Å²) in [6.45, 7) is 0.207. The zero-order chi connectivity index (χ0) is 19.9. The molecule has 1 heterocycles. The average molecular weight is 394 g/mol. The summed E-state index contributed by atoms with van der Waals surface area (Å²) in [6.07, 6.45) is 0.560. The van der Waals surface area contributed by atoms with E-state index in [0.29, 0.717) is 12.0 Å². The molecule has 0 amide bonds. The van der Waals surface area contributed by atoms with Gasteiger partial charge in [0.25, 0.3) is 0 Å². The van der Waals surface area contributed by atoms with Gasteiger partial charge in [-0.25, -0.2) is 8.42 Å². The molecule has 1 aliphatic rings. The van der Waals surface area contributed by atoms with E-state index >= 15 is 0 Å². The minimum absolute atomic E-state index is 0. The molecular weight excluding hydrogens is 368 g/mol. The van der Waals surface area contributed by atoms with E-state index in [2.05, 4.69) is 10.5 Å². The first-order chi connectivity index (χ1) is 13.0. The smallest absolute Gasteiger partial charge is 0.324 e. The molecular formula is C19H26N2O5S. The number of nitrogens with two attached hydrogens (primary N) is 1. The largest absolute Gasteiger partial charge is 0.464 e. The third-order valence-electron chi connectivity index (χ3n) is 3.93. The lowest BCUT2D eigenvalue weighted by Gasteiger charge is -2.10. The van der Waals surface area contributed by atoms with E-state index in [0.717, 1.165) is 5.56 Å². The predicted molar refractivity (Wildman–Crippen MR) is 105 cm³/mol. The highest BCUT2D eigenvalue weighted by molar-refractivity contribution is 7.89. The van der Waals surface area contributed by atoms with Gasteiger partial charge in [0.05, 0.1) is 11.5 Å². The molecule has 0 radical (unpaired) electrons. The summed E-state index contributed by atoms with van der Waals surface area (Å²) in [4.78, 5) is 23.7. The fourth-order valence-corrected chi connectivity index (χ4v) is 3.78. The molecule has 2 aromatic carbocycles. The minimum atomic E-state index is -3.84. The molecule has 1 fully saturated rings. The first-order valence-corrected chi connectivity index (χ1v) is 9.88. The quantitative estimate of drug-likeness (QED) is 0.570. The molecule has 7 nitrogen and oxygen atoms in total. The molecule has 1 atom stereocenters. The summed E-state index contributed by atoms with van der Waals surface area (Å²) < 4.78 is 31.7. The number of hydrogen-bond donors (Lipinski definition) is 2. The Morgan fingerprint density at radius 3 is 2.33 bits per heavy atom. The number of Topliss-reactive ketones (excluding diaryl/α,β-unsaturated/α-hetero) is 1. The van der Waals surface area contributed by atoms with Gasteiger partial charge in [-0.1, -0.05) is 42.5 Å². The molecule has 0 spiro atoms. The molecule has 0 bridgehead atoms. The van der Waals surface area contributed by atoms with Crippen LogP contribution < -0.4 is 10.5 Å². The lowest BCUT2D eigenvalue weighted by Crippen LogP contribution is -2.37. The molecule has 27 heavy (non-hydrogen) atoms. The Morgan fingerprint density at radius 1 is 1.15 bits per heavy atom. The number of cyclic esters (lactones) is 1. The number of hydrogen-bond acceptors (Lipinski definition) is 6. The van der Waals surface area contributed by atoms with Gasteiger partial charge in [0, 0.05) is 21.3 Å². The van der Waals surface area contributed by atoms with Gasteiger partial charge >= 0.3 is 5.97 Å². The van der Waals surface area contributed by atoms with Crippen molar-refractivity contribution in [2.45, 2.75) is 23.8 Å². The van der Waals surface area contributed by atoms with E-state index in [1.165, 1.54) is 31.3 Å². The highest BCUT2D eigenvalue weighted by atomic mass is 32.2. The van der Waals surface area contributed by atoms with Crippen LogP contribution in [0.2, 0.25) is 0 Å². The van der Waals surface area contributed by atoms with E-state index in [4.69, 9.17) is 4.74 Å². The summed E-state index contributed by atoms with van der Waals surface area (Å²) in [5.41, 5.74) is 5.83. The van der Waals surface area contributed by atoms with E-state index in [1.54, 1.807) is 0 Å². The number of ether oxygens (including phenoxy) is 1. The Hall–Kier alpha value is -2.55. The van der Waals surface area contributed by atoms with Gasteiger partial charge in [-0.15, -0.1) is 0 Å². The minimum Gasteiger partial charge on any atom is -0.464 e. The van der Waals surface area contributed by atoms with Crippen LogP contribution >= 0.6 is 0 Å². The number of benzene rings is 2. The van der Waals surface area contributed by atoms with Crippen LogP contribution in [-0.2, 0) is 26.0 Å². The second-order valence-electron chi connectivity index (χ2n) is 5.74. The van der Waals surface area contributed by atoms with Crippen molar-refractivity contribution in [2.75, 3.05) is 13.7 Å². The van der Waals surface area contributed by atoms with E-state index in [-0.39, 0.29) is 26.6 Å². The number of carbonyl (C=O) groups is 2. The van der Waals surface area contributed by atoms with Crippen molar-refractivity contribution in [2.24, 2.45) is 5.73 Å². The fraction of sp³-hybridized carbons (Fsp3) is 0.263. The third kappa shape index (κ3) is 5.46. The van der Waals surface area contributed by atoms with Gasteiger partial charge < -0.3 is 10.5 Å². The number of rotatable bonds is 6. The zero-order valence-corrected chi connectivity index (χ0v) is 15.7. The molecule has 8 heteroatoms. The van der Waals surface area contributed by atoms with Gasteiger partial charge in [0.15, 0.2) is 5.78 Å². The molecule has 148 valence electrons. The number of nitrogens with one attached hydrogen (secondary N) is 1. The number of carbonyl (C=O) groups excluding carboxylic acids is 2. The first kappa shape index (κ1) is 20.8. The maximum atomic E-state index is 12.3. The van der Waals surface area contributed by atoms with Crippen molar-refractivity contribution in [3.05, 3.63) is 65.7 Å². The summed E-state index contributed by atoms with van der Waals surface area (Å²) in [7, 11) is -2.34. The van der Waals surface area contributed by atoms with Crippen molar-refractivity contribution in [3.63, 3.8) is 0 Å². The second kappa shape index (κ2) is 9.40. The Kier molecular flexibility index (Phi) is 7.23. The monoisotopic (exact) mass is 394 g/mol. The van der Waals surface area contributed by atoms with Crippen LogP contribution in [0.25, 0.3) is 0 Å². The average Bonchev–Trinajstić information content (AvgIpc) is 3.08. The molecule has 3 rings (SSSR count). The topological polar surface area (TPSA) is 116 Å². The molecule has 0 aliphatic carbocycles. The van der Waals surface area contributed by atoms with E-state index in [9.17, 15) is 18.0 Å². The Bertz CT molecular complexity index is 891. The summed E-state index contributed by atoms with van der Waals surface area (Å²) in [5, 5.41) is 0. The van der Waals surface area contributed by atoms with Crippen LogP contribution in [0.4, 0.5) is 0 Å². The number of sulfonamides is 1. The number of ketones is 1. The number of esters is 1. The van der Waals surface area contributed by atoms with Crippen molar-refractivity contribution in [1.29, 1.82) is 0 Å². The lowest BCUT2D eigenvalue weighted by atomic mass is 10.0. The summed E-state index contributed by atoms with van der Waals surface area (Å²) in [5.74, 6) is -0.666. The molecule has 1 saturated heterocycles. The normalized spacial score (nSPS) is 16.2. The van der Waals surface area contributed by atoms with Gasteiger partial charge in [0.1, 0.15) is 6.04 Å². The molecule has 0 unspecified atom stereocenters. The lowest BCUT2D eigenvalue weighted by molar-refractivity contribution is -0.139. The standard InChI is InChI=1S/C18H17NO5S.CH5N.2H2/c20-17(12-13-4-2-1-3-5-13)14-6-8-15(9-7-14)25(22,23)19-16-10-11-24-18(16)21;1-2;;/h1-9,16,19H,10-12H2;2H2,1H3;2*1H/t16-;;;/m0.../s1. The maximum absolute atomic E-state index is 12.3. The summed E-state index contributed by atoms with van der Waals surface area (Å²) >= 11 is 0. The third-order valence-corrected chi connectivity index (χ3v) is 5.41. The van der Waals surface area contributed by atoms with E-state index in [1.807, 2.05) is 30.3 Å². The van der Waals surface area contributed by atoms with Crippen LogP contribution in [0.15, 0.2) is 59.5 Å². The summed E-state index contributed by atoms with van der Waals surface area (Å²) in [6, 6.07) is 14.1. The van der Waals surface area contributed by atoms with Crippen molar-refractivity contribution in [1.82, 2.24) is 4.72 Å². The van der Waals surface area contributed by atoms with Crippen LogP contribution in [-0.4, -0.2) is 39.9 Å². The molecule has 1 aliphatic heterocycles. The van der Waals surface area contributed by atoms with Crippen LogP contribution in [0.5, 0.6) is 0 Å². The Balaban J connectivity index is 0.00000190. The first-order valence-electron chi connectivity index (χ1n) is 8.39. The van der Waals surface area contributed by atoms with Crippen LogP contribution in [0.1, 0.15) is 25.2 Å². The van der Waals surface area contributed by atoms with Gasteiger partial charge in [-0.3, -0.25) is 9.59 Å². The highest BCUT2D eigenvalue weighted by Gasteiger charge is 2.31. The Labute approximate surface area is 161 Å². The fourth-order valence-electron chi connectivity index (χ4n) is 2.56. The highest BCUT2D eigenvalue weighted by Crippen LogP contribution is 2.15. The molecule has 0 aromatic heterocycles. The van der Waals surface area contributed by atoms with Gasteiger partial charge in [0.2, 0.25) is 10.0 Å². The predicted octanol–water partition coefficient (Wildman–Crippen LogP) is 1.77. The molecule has 3 N–H and O–H groups in total. The SMILES string of the molecule is CN.O=C(Cc1ccccc1)c1ccc(S(=O)(=O)N[C@H]2CCOC2=O)cc1.[HH].[HH].